The Balaban J connectivity index is 2.40. The molecule has 0 aliphatic carbocycles. The van der Waals surface area contributed by atoms with Gasteiger partial charge in [0.25, 0.3) is 0 Å². The second-order valence-corrected chi connectivity index (χ2v) is 5.76. The molecule has 0 aromatic heterocycles. The van der Waals surface area contributed by atoms with Gasteiger partial charge >= 0.3 is 0 Å². The highest BCUT2D eigenvalue weighted by Crippen LogP contribution is 2.35. The van der Waals surface area contributed by atoms with Crippen LogP contribution >= 0.6 is 7.92 Å². The van der Waals surface area contributed by atoms with Crippen molar-refractivity contribution in [3.05, 3.63) is 60.7 Å². The normalized spacial score (nSPS) is 12.6. The van der Waals surface area contributed by atoms with Crippen LogP contribution in [-0.2, 0) is 0 Å². The van der Waals surface area contributed by atoms with Crippen molar-refractivity contribution in [3.63, 3.8) is 0 Å². The maximum absolute atomic E-state index is 9.73. The molecule has 0 bridgehead atoms. The van der Waals surface area contributed by atoms with E-state index < -0.39 is 13.7 Å². The molecule has 2 rings (SSSR count). The summed E-state index contributed by atoms with van der Waals surface area (Å²) in [6, 6.07) is 19.8. The Kier molecular flexibility index (Phi) is 3.76. The Bertz CT molecular complexity index is 391. The predicted molar refractivity (Wildman–Crippen MR) is 70.8 cm³/mol. The molecular formula is C13H12BOP. The van der Waals surface area contributed by atoms with Gasteiger partial charge in [0.15, 0.2) is 0 Å². The van der Waals surface area contributed by atoms with Crippen molar-refractivity contribution in [1.82, 2.24) is 0 Å². The van der Waals surface area contributed by atoms with Gasteiger partial charge in [-0.05, 0) is 18.5 Å². The third kappa shape index (κ3) is 2.52. The molecule has 0 fully saturated rings. The summed E-state index contributed by atoms with van der Waals surface area (Å²) in [7, 11) is 4.81. The molecule has 1 atom stereocenters. The molecule has 0 aliphatic rings. The van der Waals surface area contributed by atoms with Crippen LogP contribution < -0.4 is 10.6 Å². The van der Waals surface area contributed by atoms with Crippen molar-refractivity contribution in [2.24, 2.45) is 0 Å². The van der Waals surface area contributed by atoms with Gasteiger partial charge in [0.1, 0.15) is 7.85 Å². The summed E-state index contributed by atoms with van der Waals surface area (Å²) in [6.07, 6.45) is 0. The van der Waals surface area contributed by atoms with Crippen LogP contribution in [0.2, 0.25) is 0 Å². The summed E-state index contributed by atoms with van der Waals surface area (Å²) < 4.78 is 0. The minimum Gasteiger partial charge on any atom is -0.398 e. The minimum absolute atomic E-state index is 0.820. The molecule has 3 heteroatoms. The van der Waals surface area contributed by atoms with Gasteiger partial charge in [-0.2, -0.15) is 0 Å². The standard InChI is InChI=1S/C13H12BOP/c14-13(15)16(11-7-3-1-4-8-11)12-9-5-2-6-10-12/h1-10,13,15H. The van der Waals surface area contributed by atoms with E-state index in [1.54, 1.807) is 0 Å². The molecule has 0 spiro atoms. The van der Waals surface area contributed by atoms with E-state index in [0.717, 1.165) is 10.6 Å². The first-order valence-electron chi connectivity index (χ1n) is 5.12. The Morgan fingerprint density at radius 1 is 0.812 bits per heavy atom. The first kappa shape index (κ1) is 11.4. The predicted octanol–water partition coefficient (Wildman–Crippen LogP) is 1.56. The zero-order valence-electron chi connectivity index (χ0n) is 8.82. The Morgan fingerprint density at radius 3 is 1.50 bits per heavy atom. The molecule has 1 N–H and O–H groups in total. The third-order valence-electron chi connectivity index (χ3n) is 2.33. The average Bonchev–Trinajstić information content (AvgIpc) is 2.31. The van der Waals surface area contributed by atoms with E-state index in [1.165, 1.54) is 0 Å². The lowest BCUT2D eigenvalue weighted by Crippen LogP contribution is -2.21. The Hall–Kier alpha value is -1.11. The lowest BCUT2D eigenvalue weighted by atomic mass is 10.2. The molecule has 2 aromatic rings. The SMILES string of the molecule is [B]C(O)P(c1ccccc1)c1ccccc1. The van der Waals surface area contributed by atoms with Gasteiger partial charge in [-0.15, -0.1) is 0 Å². The van der Waals surface area contributed by atoms with Gasteiger partial charge in [-0.3, -0.25) is 0 Å². The van der Waals surface area contributed by atoms with Crippen LogP contribution in [0.3, 0.4) is 0 Å². The number of aliphatic hydroxyl groups excluding tert-OH is 1. The maximum Gasteiger partial charge on any atom is 0.116 e. The smallest absolute Gasteiger partial charge is 0.116 e. The molecule has 0 saturated carbocycles. The summed E-state index contributed by atoms with van der Waals surface area (Å²) in [4.78, 5) is 0. The monoisotopic (exact) mass is 226 g/mol. The quantitative estimate of drug-likeness (QED) is 0.622. The van der Waals surface area contributed by atoms with Crippen LogP contribution in [0.4, 0.5) is 0 Å². The lowest BCUT2D eigenvalue weighted by molar-refractivity contribution is 0.335. The zero-order chi connectivity index (χ0) is 11.4. The highest BCUT2D eigenvalue weighted by molar-refractivity contribution is 7.74. The molecule has 1 unspecified atom stereocenters. The number of hydrogen-bond donors (Lipinski definition) is 1. The lowest BCUT2D eigenvalue weighted by Gasteiger charge is -2.21. The summed E-state index contributed by atoms with van der Waals surface area (Å²) >= 11 is 0. The molecule has 16 heavy (non-hydrogen) atoms. The van der Waals surface area contributed by atoms with Crippen LogP contribution in [0, 0.1) is 0 Å². The fourth-order valence-corrected chi connectivity index (χ4v) is 3.53. The summed E-state index contributed by atoms with van der Waals surface area (Å²) in [6.45, 7) is 0. The molecule has 2 radical (unpaired) electrons. The number of benzene rings is 2. The largest absolute Gasteiger partial charge is 0.398 e. The van der Waals surface area contributed by atoms with Crippen molar-refractivity contribution in [2.45, 2.75) is 5.74 Å². The van der Waals surface area contributed by atoms with Crippen molar-refractivity contribution < 1.29 is 5.11 Å². The molecule has 0 saturated heterocycles. The van der Waals surface area contributed by atoms with E-state index in [1.807, 2.05) is 60.7 Å². The van der Waals surface area contributed by atoms with Crippen LogP contribution in [0.25, 0.3) is 0 Å². The third-order valence-corrected chi connectivity index (χ3v) is 4.57. The molecule has 1 nitrogen and oxygen atoms in total. The van der Waals surface area contributed by atoms with Gasteiger partial charge in [0, 0.05) is 5.74 Å². The number of rotatable bonds is 3. The molecule has 0 amide bonds. The van der Waals surface area contributed by atoms with Gasteiger partial charge in [-0.1, -0.05) is 60.7 Å². The van der Waals surface area contributed by atoms with E-state index >= 15 is 0 Å². The number of aliphatic hydroxyl groups is 1. The van der Waals surface area contributed by atoms with Crippen LogP contribution in [-0.4, -0.2) is 18.7 Å². The molecule has 0 aliphatic heterocycles. The van der Waals surface area contributed by atoms with Gasteiger partial charge in [0.05, 0.1) is 0 Å². The van der Waals surface area contributed by atoms with Crippen LogP contribution in [0.5, 0.6) is 0 Å². The second-order valence-electron chi connectivity index (χ2n) is 3.45. The Morgan fingerprint density at radius 2 is 1.19 bits per heavy atom. The van der Waals surface area contributed by atoms with Crippen molar-refractivity contribution >= 4 is 26.4 Å². The van der Waals surface area contributed by atoms with Gasteiger partial charge in [0.2, 0.25) is 0 Å². The van der Waals surface area contributed by atoms with E-state index in [9.17, 15) is 5.11 Å². The summed E-state index contributed by atoms with van der Waals surface area (Å²) in [5.74, 6) is -0.820. The fraction of sp³-hybridized carbons (Fsp3) is 0.0769. The van der Waals surface area contributed by atoms with Gasteiger partial charge < -0.3 is 5.11 Å². The molecule has 78 valence electrons. The van der Waals surface area contributed by atoms with E-state index in [-0.39, 0.29) is 0 Å². The fourth-order valence-electron chi connectivity index (χ4n) is 1.63. The maximum atomic E-state index is 9.73. The first-order chi connectivity index (χ1) is 7.79. The first-order valence-corrected chi connectivity index (χ1v) is 6.53. The van der Waals surface area contributed by atoms with E-state index in [2.05, 4.69) is 0 Å². The van der Waals surface area contributed by atoms with Crippen molar-refractivity contribution in [1.29, 1.82) is 0 Å². The van der Waals surface area contributed by atoms with Crippen LogP contribution in [0.15, 0.2) is 60.7 Å². The zero-order valence-corrected chi connectivity index (χ0v) is 9.72. The summed E-state index contributed by atoms with van der Waals surface area (Å²) in [5.41, 5.74) is 0. The highest BCUT2D eigenvalue weighted by Gasteiger charge is 2.17. The molecular weight excluding hydrogens is 214 g/mol. The minimum atomic E-state index is -0.877. The average molecular weight is 226 g/mol. The number of hydrogen-bond acceptors (Lipinski definition) is 1. The summed E-state index contributed by atoms with van der Waals surface area (Å²) in [5, 5.41) is 11.9. The van der Waals surface area contributed by atoms with Crippen molar-refractivity contribution in [3.8, 4) is 0 Å². The van der Waals surface area contributed by atoms with Crippen molar-refractivity contribution in [2.75, 3.05) is 0 Å². The molecule has 0 heterocycles. The molecule has 2 aromatic carbocycles. The van der Waals surface area contributed by atoms with E-state index in [0.29, 0.717) is 0 Å². The highest BCUT2D eigenvalue weighted by atomic mass is 31.1. The van der Waals surface area contributed by atoms with Crippen LogP contribution in [0.1, 0.15) is 0 Å². The Labute approximate surface area is 98.3 Å². The topological polar surface area (TPSA) is 20.2 Å². The van der Waals surface area contributed by atoms with E-state index in [4.69, 9.17) is 7.85 Å². The second kappa shape index (κ2) is 5.29. The van der Waals surface area contributed by atoms with Gasteiger partial charge in [-0.25, -0.2) is 0 Å².